The lowest BCUT2D eigenvalue weighted by atomic mass is 10.0. The van der Waals surface area contributed by atoms with Gasteiger partial charge in [-0.25, -0.2) is 0 Å². The number of hydrogen-bond donors (Lipinski definition) is 0. The van der Waals surface area contributed by atoms with Crippen LogP contribution in [0.5, 0.6) is 0 Å². The summed E-state index contributed by atoms with van der Waals surface area (Å²) in [5, 5.41) is 4.40. The first-order valence-corrected chi connectivity index (χ1v) is 4.59. The van der Waals surface area contributed by atoms with Crippen molar-refractivity contribution in [1.82, 2.24) is 9.78 Å². The van der Waals surface area contributed by atoms with E-state index in [2.05, 4.69) is 39.7 Å². The number of nitrogens with zero attached hydrogens (tertiary/aromatic N) is 2. The molecule has 72 valence electrons. The summed E-state index contributed by atoms with van der Waals surface area (Å²) >= 11 is 0. The average molecular weight is 178 g/mol. The second kappa shape index (κ2) is 3.36. The first-order valence-electron chi connectivity index (χ1n) is 4.59. The van der Waals surface area contributed by atoms with E-state index in [1.807, 2.05) is 11.7 Å². The van der Waals surface area contributed by atoms with Gasteiger partial charge in [0.05, 0.1) is 5.69 Å². The van der Waals surface area contributed by atoms with E-state index in [1.165, 1.54) is 22.4 Å². The summed E-state index contributed by atoms with van der Waals surface area (Å²) in [7, 11) is 1.99. The molecule has 13 heavy (non-hydrogen) atoms. The van der Waals surface area contributed by atoms with E-state index >= 15 is 0 Å². The molecule has 1 rings (SSSR count). The van der Waals surface area contributed by atoms with Crippen LogP contribution in [0.1, 0.15) is 37.7 Å². The number of aryl methyl sites for hydroxylation is 2. The Hall–Kier alpha value is -1.05. The highest BCUT2D eigenvalue weighted by Gasteiger charge is 2.10. The molecule has 0 saturated heterocycles. The molecular weight excluding hydrogens is 160 g/mol. The molecule has 2 nitrogen and oxygen atoms in total. The zero-order valence-corrected chi connectivity index (χ0v) is 9.39. The van der Waals surface area contributed by atoms with Gasteiger partial charge < -0.3 is 0 Å². The Morgan fingerprint density at radius 1 is 1.15 bits per heavy atom. The lowest BCUT2D eigenvalue weighted by Gasteiger charge is -2.04. The Balaban J connectivity index is 3.38. The van der Waals surface area contributed by atoms with Gasteiger partial charge in [0, 0.05) is 18.3 Å². The maximum absolute atomic E-state index is 4.40. The molecule has 0 aliphatic carbocycles. The van der Waals surface area contributed by atoms with E-state index < -0.39 is 0 Å². The first-order chi connectivity index (χ1) is 5.95. The van der Waals surface area contributed by atoms with Crippen molar-refractivity contribution in [3.05, 3.63) is 22.5 Å². The van der Waals surface area contributed by atoms with Crippen molar-refractivity contribution in [2.45, 2.75) is 34.6 Å². The van der Waals surface area contributed by atoms with Crippen molar-refractivity contribution in [2.75, 3.05) is 0 Å². The monoisotopic (exact) mass is 178 g/mol. The number of aromatic nitrogens is 2. The van der Waals surface area contributed by atoms with E-state index in [-0.39, 0.29) is 0 Å². The van der Waals surface area contributed by atoms with Crippen LogP contribution in [0, 0.1) is 13.8 Å². The van der Waals surface area contributed by atoms with Crippen LogP contribution in [-0.2, 0) is 7.05 Å². The van der Waals surface area contributed by atoms with Crippen LogP contribution in [0.15, 0.2) is 5.57 Å². The normalized spacial score (nSPS) is 10.3. The van der Waals surface area contributed by atoms with E-state index in [9.17, 15) is 0 Å². The zero-order chi connectivity index (χ0) is 10.2. The first kappa shape index (κ1) is 10.0. The van der Waals surface area contributed by atoms with Crippen LogP contribution in [0.25, 0.3) is 5.57 Å². The number of rotatable bonds is 1. The van der Waals surface area contributed by atoms with Crippen molar-refractivity contribution in [2.24, 2.45) is 7.05 Å². The Bertz CT molecular complexity index is 352. The largest absolute Gasteiger partial charge is 0.272 e. The van der Waals surface area contributed by atoms with Gasteiger partial charge in [0.15, 0.2) is 0 Å². The fourth-order valence-corrected chi connectivity index (χ4v) is 1.57. The van der Waals surface area contributed by atoms with Crippen molar-refractivity contribution in [1.29, 1.82) is 0 Å². The third-order valence-corrected chi connectivity index (χ3v) is 2.63. The van der Waals surface area contributed by atoms with Crippen LogP contribution in [0.3, 0.4) is 0 Å². The molecule has 0 unspecified atom stereocenters. The van der Waals surface area contributed by atoms with Gasteiger partial charge in [-0.2, -0.15) is 5.10 Å². The van der Waals surface area contributed by atoms with E-state index in [4.69, 9.17) is 0 Å². The lowest BCUT2D eigenvalue weighted by Crippen LogP contribution is -1.93. The smallest absolute Gasteiger partial charge is 0.0671 e. The van der Waals surface area contributed by atoms with Crippen molar-refractivity contribution >= 4 is 5.57 Å². The van der Waals surface area contributed by atoms with Gasteiger partial charge in [-0.3, -0.25) is 4.68 Å². The second-order valence-electron chi connectivity index (χ2n) is 3.79. The second-order valence-corrected chi connectivity index (χ2v) is 3.79. The third kappa shape index (κ3) is 1.67. The van der Waals surface area contributed by atoms with Gasteiger partial charge in [-0.15, -0.1) is 0 Å². The SMILES string of the molecule is CC(C)=C(C)c1c(C)nn(C)c1C. The zero-order valence-electron chi connectivity index (χ0n) is 9.39. The van der Waals surface area contributed by atoms with Crippen molar-refractivity contribution in [3.8, 4) is 0 Å². The predicted octanol–water partition coefficient (Wildman–Crippen LogP) is 2.85. The molecule has 0 spiro atoms. The molecule has 1 aromatic rings. The summed E-state index contributed by atoms with van der Waals surface area (Å²) in [5.74, 6) is 0. The minimum Gasteiger partial charge on any atom is -0.272 e. The molecule has 0 fully saturated rings. The molecule has 0 aromatic carbocycles. The van der Waals surface area contributed by atoms with E-state index in [0.717, 1.165) is 5.69 Å². The molecular formula is C11H18N2. The quantitative estimate of drug-likeness (QED) is 0.646. The van der Waals surface area contributed by atoms with Crippen molar-refractivity contribution in [3.63, 3.8) is 0 Å². The van der Waals surface area contributed by atoms with Crippen LogP contribution in [0.4, 0.5) is 0 Å². The van der Waals surface area contributed by atoms with Gasteiger partial charge in [-0.05, 0) is 40.2 Å². The molecule has 0 bridgehead atoms. The molecule has 0 N–H and O–H groups in total. The van der Waals surface area contributed by atoms with Crippen LogP contribution in [-0.4, -0.2) is 9.78 Å². The minimum absolute atomic E-state index is 1.12. The Labute approximate surface area is 80.3 Å². The fourth-order valence-electron chi connectivity index (χ4n) is 1.57. The maximum Gasteiger partial charge on any atom is 0.0671 e. The summed E-state index contributed by atoms with van der Waals surface area (Å²) < 4.78 is 1.94. The van der Waals surface area contributed by atoms with Crippen LogP contribution < -0.4 is 0 Å². The minimum atomic E-state index is 1.12. The van der Waals surface area contributed by atoms with Crippen LogP contribution >= 0.6 is 0 Å². The molecule has 1 heterocycles. The standard InChI is InChI=1S/C11H18N2/c1-7(2)8(3)11-9(4)12-13(6)10(11)5/h1-6H3. The Morgan fingerprint density at radius 3 is 2.00 bits per heavy atom. The van der Waals surface area contributed by atoms with Gasteiger partial charge in [0.25, 0.3) is 0 Å². The van der Waals surface area contributed by atoms with Crippen LogP contribution in [0.2, 0.25) is 0 Å². The highest BCUT2D eigenvalue weighted by molar-refractivity contribution is 5.69. The topological polar surface area (TPSA) is 17.8 Å². The molecule has 1 aromatic heterocycles. The molecule has 0 aliphatic rings. The predicted molar refractivity (Wildman–Crippen MR) is 56.6 cm³/mol. The molecule has 0 aliphatic heterocycles. The van der Waals surface area contributed by atoms with E-state index in [1.54, 1.807) is 0 Å². The molecule has 0 atom stereocenters. The Morgan fingerprint density at radius 2 is 1.69 bits per heavy atom. The Kier molecular flexibility index (Phi) is 2.60. The van der Waals surface area contributed by atoms with Gasteiger partial charge in [0.2, 0.25) is 0 Å². The molecule has 0 amide bonds. The number of hydrogen-bond acceptors (Lipinski definition) is 1. The molecule has 0 radical (unpaired) electrons. The van der Waals surface area contributed by atoms with Crippen molar-refractivity contribution < 1.29 is 0 Å². The number of allylic oxidation sites excluding steroid dienone is 2. The molecule has 2 heteroatoms. The lowest BCUT2D eigenvalue weighted by molar-refractivity contribution is 0.731. The average Bonchev–Trinajstić information content (AvgIpc) is 2.26. The highest BCUT2D eigenvalue weighted by atomic mass is 15.3. The summed E-state index contributed by atoms with van der Waals surface area (Å²) in [5.41, 5.74) is 6.39. The summed E-state index contributed by atoms with van der Waals surface area (Å²) in [6.07, 6.45) is 0. The molecule has 0 saturated carbocycles. The van der Waals surface area contributed by atoms with E-state index in [0.29, 0.717) is 0 Å². The van der Waals surface area contributed by atoms with Gasteiger partial charge in [-0.1, -0.05) is 5.57 Å². The fraction of sp³-hybridized carbons (Fsp3) is 0.545. The summed E-state index contributed by atoms with van der Waals surface area (Å²) in [6, 6.07) is 0. The maximum atomic E-state index is 4.40. The summed E-state index contributed by atoms with van der Waals surface area (Å²) in [6.45, 7) is 10.6. The third-order valence-electron chi connectivity index (χ3n) is 2.63. The van der Waals surface area contributed by atoms with Gasteiger partial charge >= 0.3 is 0 Å². The highest BCUT2D eigenvalue weighted by Crippen LogP contribution is 2.24. The summed E-state index contributed by atoms with van der Waals surface area (Å²) in [4.78, 5) is 0. The van der Waals surface area contributed by atoms with Gasteiger partial charge in [0.1, 0.15) is 0 Å².